The van der Waals surface area contributed by atoms with E-state index in [1.165, 1.54) is 0 Å². The molecule has 1 heterocycles. The average molecular weight is 205 g/mol. The number of rotatable bonds is 3. The van der Waals surface area contributed by atoms with E-state index < -0.39 is 0 Å². The Bertz CT molecular complexity index is 322. The first kappa shape index (κ1) is 11.7. The van der Waals surface area contributed by atoms with E-state index in [4.69, 9.17) is 0 Å². The molecule has 1 N–H and O–H groups in total. The second-order valence-corrected chi connectivity index (χ2v) is 4.21. The van der Waals surface area contributed by atoms with E-state index >= 15 is 0 Å². The van der Waals surface area contributed by atoms with Crippen LogP contribution in [0.2, 0.25) is 0 Å². The van der Waals surface area contributed by atoms with Gasteiger partial charge in [0, 0.05) is 11.9 Å². The summed E-state index contributed by atoms with van der Waals surface area (Å²) in [6.07, 6.45) is 9.86. The zero-order chi connectivity index (χ0) is 11.3. The Morgan fingerprint density at radius 2 is 2.20 bits per heavy atom. The molecule has 0 aromatic heterocycles. The number of hydrogen-bond donors (Lipinski definition) is 1. The molecule has 3 heteroatoms. The van der Waals surface area contributed by atoms with E-state index in [0.29, 0.717) is 0 Å². The van der Waals surface area contributed by atoms with Gasteiger partial charge >= 0.3 is 0 Å². The van der Waals surface area contributed by atoms with E-state index in [9.17, 15) is 0 Å². The van der Waals surface area contributed by atoms with Crippen LogP contribution in [-0.2, 0) is 0 Å². The summed E-state index contributed by atoms with van der Waals surface area (Å²) in [4.78, 5) is 0. The molecule has 1 aliphatic heterocycles. The predicted octanol–water partition coefficient (Wildman–Crippen LogP) is 3.18. The second kappa shape index (κ2) is 4.91. The van der Waals surface area contributed by atoms with Crippen LogP contribution in [0.1, 0.15) is 27.7 Å². The molecule has 1 atom stereocenters. The van der Waals surface area contributed by atoms with Crippen molar-refractivity contribution < 1.29 is 0 Å². The van der Waals surface area contributed by atoms with Crippen molar-refractivity contribution in [2.75, 3.05) is 0 Å². The van der Waals surface area contributed by atoms with Gasteiger partial charge in [0.1, 0.15) is 0 Å². The Hall–Kier alpha value is -1.38. The smallest absolute Gasteiger partial charge is 0.1000 e. The van der Waals surface area contributed by atoms with Gasteiger partial charge in [-0.05, 0) is 39.8 Å². The summed E-state index contributed by atoms with van der Waals surface area (Å²) in [7, 11) is 0. The molecule has 0 amide bonds. The third kappa shape index (κ3) is 3.35. The average Bonchev–Trinajstić information content (AvgIpc) is 2.18. The van der Waals surface area contributed by atoms with Gasteiger partial charge in [-0.25, -0.2) is 0 Å². The van der Waals surface area contributed by atoms with Crippen LogP contribution in [0.25, 0.3) is 0 Å². The van der Waals surface area contributed by atoms with Crippen LogP contribution < -0.4 is 5.32 Å². The molecule has 3 nitrogen and oxygen atoms in total. The Morgan fingerprint density at radius 1 is 1.47 bits per heavy atom. The van der Waals surface area contributed by atoms with Crippen LogP contribution >= 0.6 is 0 Å². The van der Waals surface area contributed by atoms with Crippen LogP contribution in [0.5, 0.6) is 0 Å². The normalized spacial score (nSPS) is 24.8. The van der Waals surface area contributed by atoms with Crippen LogP contribution in [0.15, 0.2) is 46.4 Å². The highest BCUT2D eigenvalue weighted by atomic mass is 15.2. The molecular formula is C12H19N3. The zero-order valence-corrected chi connectivity index (χ0v) is 9.86. The minimum Gasteiger partial charge on any atom is -0.380 e. The Labute approximate surface area is 91.7 Å². The minimum absolute atomic E-state index is 0.181. The maximum Gasteiger partial charge on any atom is 0.1000 e. The van der Waals surface area contributed by atoms with Gasteiger partial charge in [0.2, 0.25) is 0 Å². The van der Waals surface area contributed by atoms with Crippen molar-refractivity contribution in [2.24, 2.45) is 10.2 Å². The standard InChI is InChI=1S/C12H19N3/c1-5-6-7-10(2)14-11-8-9-13-15-12(11,3)4/h5-9,11,14H,1-4H3/b6-5-,10-7-. The number of nitrogens with zero attached hydrogens (tertiary/aromatic N) is 2. The molecule has 0 aromatic rings. The molecule has 15 heavy (non-hydrogen) atoms. The summed E-state index contributed by atoms with van der Waals surface area (Å²) < 4.78 is 0. The molecule has 0 radical (unpaired) electrons. The van der Waals surface area contributed by atoms with Gasteiger partial charge < -0.3 is 5.32 Å². The number of nitrogens with one attached hydrogen (secondary N) is 1. The Morgan fingerprint density at radius 3 is 2.80 bits per heavy atom. The lowest BCUT2D eigenvalue weighted by Crippen LogP contribution is -2.44. The lowest BCUT2D eigenvalue weighted by Gasteiger charge is -2.30. The largest absolute Gasteiger partial charge is 0.380 e. The van der Waals surface area contributed by atoms with Gasteiger partial charge in [-0.15, -0.1) is 0 Å². The molecule has 0 bridgehead atoms. The van der Waals surface area contributed by atoms with Gasteiger partial charge in [0.15, 0.2) is 0 Å². The first-order valence-electron chi connectivity index (χ1n) is 5.21. The topological polar surface area (TPSA) is 36.8 Å². The van der Waals surface area contributed by atoms with Crippen LogP contribution in [0, 0.1) is 0 Å². The number of hydrogen-bond acceptors (Lipinski definition) is 3. The third-order valence-electron chi connectivity index (χ3n) is 2.34. The molecule has 0 aliphatic carbocycles. The summed E-state index contributed by atoms with van der Waals surface area (Å²) >= 11 is 0. The monoisotopic (exact) mass is 205 g/mol. The summed E-state index contributed by atoms with van der Waals surface area (Å²) in [6, 6.07) is 0.205. The third-order valence-corrected chi connectivity index (χ3v) is 2.34. The molecule has 0 spiro atoms. The maximum absolute atomic E-state index is 4.21. The molecule has 82 valence electrons. The second-order valence-electron chi connectivity index (χ2n) is 4.21. The predicted molar refractivity (Wildman–Crippen MR) is 63.6 cm³/mol. The highest BCUT2D eigenvalue weighted by Gasteiger charge is 2.28. The van der Waals surface area contributed by atoms with E-state index in [-0.39, 0.29) is 11.6 Å². The van der Waals surface area contributed by atoms with E-state index in [2.05, 4.69) is 42.4 Å². The van der Waals surface area contributed by atoms with E-state index in [1.807, 2.05) is 25.2 Å². The van der Waals surface area contributed by atoms with Gasteiger partial charge in [-0.1, -0.05) is 12.2 Å². The first-order valence-corrected chi connectivity index (χ1v) is 5.21. The number of azo groups is 1. The molecular weight excluding hydrogens is 186 g/mol. The van der Waals surface area contributed by atoms with Crippen molar-refractivity contribution in [2.45, 2.75) is 39.3 Å². The lowest BCUT2D eigenvalue weighted by atomic mass is 9.94. The quantitative estimate of drug-likeness (QED) is 0.706. The van der Waals surface area contributed by atoms with Crippen molar-refractivity contribution in [3.8, 4) is 0 Å². The van der Waals surface area contributed by atoms with Crippen molar-refractivity contribution in [1.29, 1.82) is 0 Å². The van der Waals surface area contributed by atoms with Gasteiger partial charge in [-0.3, -0.25) is 0 Å². The molecule has 0 fully saturated rings. The highest BCUT2D eigenvalue weighted by Crippen LogP contribution is 2.21. The van der Waals surface area contributed by atoms with Crippen molar-refractivity contribution in [3.05, 3.63) is 36.2 Å². The van der Waals surface area contributed by atoms with Gasteiger partial charge in [0.05, 0.1) is 11.6 Å². The summed E-state index contributed by atoms with van der Waals surface area (Å²) in [5, 5.41) is 11.5. The Balaban J connectivity index is 2.66. The van der Waals surface area contributed by atoms with Crippen molar-refractivity contribution >= 4 is 0 Å². The zero-order valence-electron chi connectivity index (χ0n) is 9.86. The van der Waals surface area contributed by atoms with E-state index in [1.54, 1.807) is 6.20 Å². The molecule has 1 aliphatic rings. The van der Waals surface area contributed by atoms with Crippen molar-refractivity contribution in [1.82, 2.24) is 5.32 Å². The fourth-order valence-corrected chi connectivity index (χ4v) is 1.36. The number of allylic oxidation sites excluding steroid dienone is 4. The minimum atomic E-state index is -0.181. The molecule has 0 aromatic carbocycles. The summed E-state index contributed by atoms with van der Waals surface area (Å²) in [6.45, 7) is 8.19. The fourth-order valence-electron chi connectivity index (χ4n) is 1.36. The first-order chi connectivity index (χ1) is 7.06. The molecule has 1 unspecified atom stereocenters. The van der Waals surface area contributed by atoms with Gasteiger partial charge in [-0.2, -0.15) is 10.2 Å². The maximum atomic E-state index is 4.21. The van der Waals surface area contributed by atoms with Crippen LogP contribution in [0.3, 0.4) is 0 Å². The molecule has 1 rings (SSSR count). The van der Waals surface area contributed by atoms with E-state index in [0.717, 1.165) is 5.70 Å². The fraction of sp³-hybridized carbons (Fsp3) is 0.500. The summed E-state index contributed by atoms with van der Waals surface area (Å²) in [5.41, 5.74) is 0.952. The molecule has 0 saturated heterocycles. The van der Waals surface area contributed by atoms with Crippen molar-refractivity contribution in [3.63, 3.8) is 0 Å². The summed E-state index contributed by atoms with van der Waals surface area (Å²) in [5.74, 6) is 0. The van der Waals surface area contributed by atoms with Crippen LogP contribution in [-0.4, -0.2) is 11.6 Å². The SMILES string of the molecule is C/C=C\C=C(\C)NC1C=CN=NC1(C)C. The Kier molecular flexibility index (Phi) is 3.83. The van der Waals surface area contributed by atoms with Crippen LogP contribution in [0.4, 0.5) is 0 Å². The molecule has 0 saturated carbocycles. The lowest BCUT2D eigenvalue weighted by molar-refractivity contribution is 0.394. The highest BCUT2D eigenvalue weighted by molar-refractivity contribution is 5.15. The van der Waals surface area contributed by atoms with Gasteiger partial charge in [0.25, 0.3) is 0 Å².